The predicted molar refractivity (Wildman–Crippen MR) is 128 cm³/mol. The fourth-order valence-corrected chi connectivity index (χ4v) is 3.65. The number of piperazine rings is 1. The molecule has 1 aromatic heterocycles. The number of amides is 1. The van der Waals surface area contributed by atoms with Crippen LogP contribution in [0.5, 0.6) is 0 Å². The Bertz CT molecular complexity index is 1100. The highest BCUT2D eigenvalue weighted by Crippen LogP contribution is 2.29. The number of hydrogen-bond acceptors (Lipinski definition) is 5. The number of rotatable bonds is 4. The fraction of sp³-hybridized carbons (Fsp3) is 0.292. The van der Waals surface area contributed by atoms with Gasteiger partial charge in [-0.15, -0.1) is 0 Å². The molecule has 1 fully saturated rings. The molecule has 0 unspecified atom stereocenters. The molecular formula is C24H27ClN4O3. The van der Waals surface area contributed by atoms with Gasteiger partial charge in [-0.1, -0.05) is 36.7 Å². The van der Waals surface area contributed by atoms with E-state index in [0.717, 1.165) is 49.2 Å². The van der Waals surface area contributed by atoms with Gasteiger partial charge in [0.15, 0.2) is 0 Å². The summed E-state index contributed by atoms with van der Waals surface area (Å²) >= 11 is 6.46. The molecule has 0 saturated carbocycles. The molecule has 2 aromatic carbocycles. The van der Waals surface area contributed by atoms with Gasteiger partial charge in [-0.3, -0.25) is 9.59 Å². The number of fused-ring (bicyclic) bond motifs is 1. The molecule has 0 spiro atoms. The van der Waals surface area contributed by atoms with Crippen LogP contribution in [0.4, 0.5) is 5.69 Å². The number of nitrogen functional groups attached to an aromatic ring is 1. The van der Waals surface area contributed by atoms with Crippen molar-refractivity contribution in [1.29, 1.82) is 0 Å². The second-order valence-corrected chi connectivity index (χ2v) is 7.94. The first kappa shape index (κ1) is 23.5. The minimum absolute atomic E-state index is 0.0317. The average Bonchev–Trinajstić information content (AvgIpc) is 2.79. The van der Waals surface area contributed by atoms with E-state index in [0.29, 0.717) is 28.2 Å². The van der Waals surface area contributed by atoms with Gasteiger partial charge >= 0.3 is 5.97 Å². The molecule has 1 aliphatic heterocycles. The van der Waals surface area contributed by atoms with Gasteiger partial charge in [0.1, 0.15) is 0 Å². The van der Waals surface area contributed by atoms with Crippen molar-refractivity contribution in [2.45, 2.75) is 19.8 Å². The highest BCUT2D eigenvalue weighted by molar-refractivity contribution is 6.35. The van der Waals surface area contributed by atoms with Crippen LogP contribution in [0.25, 0.3) is 22.2 Å². The maximum absolute atomic E-state index is 12.7. The lowest BCUT2D eigenvalue weighted by Gasteiger charge is -2.27. The van der Waals surface area contributed by atoms with Gasteiger partial charge in [0, 0.05) is 54.8 Å². The zero-order chi connectivity index (χ0) is 23.1. The normalized spacial score (nSPS) is 13.4. The lowest BCUT2D eigenvalue weighted by molar-refractivity contribution is -0.137. The quantitative estimate of drug-likeness (QED) is 0.513. The highest BCUT2D eigenvalue weighted by atomic mass is 35.5. The molecule has 7 nitrogen and oxygen atoms in total. The summed E-state index contributed by atoms with van der Waals surface area (Å²) in [4.78, 5) is 28.9. The molecule has 4 N–H and O–H groups in total. The molecule has 0 aliphatic carbocycles. The van der Waals surface area contributed by atoms with Crippen molar-refractivity contribution < 1.29 is 14.7 Å². The average molecular weight is 455 g/mol. The predicted octanol–water partition coefficient (Wildman–Crippen LogP) is 4.05. The number of halogens is 1. The van der Waals surface area contributed by atoms with Crippen LogP contribution >= 0.6 is 11.6 Å². The second-order valence-electron chi connectivity index (χ2n) is 7.53. The van der Waals surface area contributed by atoms with Gasteiger partial charge in [-0.2, -0.15) is 0 Å². The Morgan fingerprint density at radius 2 is 1.81 bits per heavy atom. The smallest absolute Gasteiger partial charge is 0.303 e. The lowest BCUT2D eigenvalue weighted by atomic mass is 10.1. The van der Waals surface area contributed by atoms with Gasteiger partial charge in [-0.25, -0.2) is 4.98 Å². The van der Waals surface area contributed by atoms with Crippen molar-refractivity contribution in [3.63, 3.8) is 0 Å². The first-order valence-electron chi connectivity index (χ1n) is 10.6. The van der Waals surface area contributed by atoms with E-state index in [9.17, 15) is 9.59 Å². The van der Waals surface area contributed by atoms with E-state index >= 15 is 0 Å². The van der Waals surface area contributed by atoms with E-state index in [1.807, 2.05) is 60.4 Å². The summed E-state index contributed by atoms with van der Waals surface area (Å²) in [5, 5.41) is 12.6. The van der Waals surface area contributed by atoms with Crippen molar-refractivity contribution >= 4 is 40.1 Å². The molecule has 0 bridgehead atoms. The van der Waals surface area contributed by atoms with Crippen LogP contribution in [0.2, 0.25) is 5.02 Å². The number of nitrogens with zero attached hydrogens (tertiary/aromatic N) is 2. The number of carboxylic acids is 1. The van der Waals surface area contributed by atoms with Crippen molar-refractivity contribution in [2.24, 2.45) is 0 Å². The Morgan fingerprint density at radius 1 is 1.12 bits per heavy atom. The summed E-state index contributed by atoms with van der Waals surface area (Å²) in [6.45, 7) is 4.93. The summed E-state index contributed by atoms with van der Waals surface area (Å²) in [7, 11) is 0. The molecule has 4 rings (SSSR count). The van der Waals surface area contributed by atoms with Crippen LogP contribution in [-0.4, -0.2) is 53.0 Å². The maximum Gasteiger partial charge on any atom is 0.303 e. The summed E-state index contributed by atoms with van der Waals surface area (Å²) in [6.07, 6.45) is 1.02. The van der Waals surface area contributed by atoms with E-state index in [4.69, 9.17) is 27.4 Å². The molecule has 8 heteroatoms. The van der Waals surface area contributed by atoms with Crippen LogP contribution in [0.3, 0.4) is 0 Å². The third-order valence-corrected chi connectivity index (χ3v) is 5.39. The summed E-state index contributed by atoms with van der Waals surface area (Å²) < 4.78 is 0. The third kappa shape index (κ3) is 5.96. The summed E-state index contributed by atoms with van der Waals surface area (Å²) in [6, 6.07) is 14.8. The molecule has 3 aromatic rings. The number of carbonyl (C=O) groups is 2. The van der Waals surface area contributed by atoms with Crippen LogP contribution in [0.15, 0.2) is 48.5 Å². The number of carboxylic acid groups (broad SMARTS) is 1. The number of nitrogens with two attached hydrogens (primary N) is 1. The number of nitrogens with one attached hydrogen (secondary N) is 1. The van der Waals surface area contributed by atoms with Crippen molar-refractivity contribution in [1.82, 2.24) is 15.2 Å². The molecule has 1 aliphatic rings. The number of benzene rings is 2. The molecule has 168 valence electrons. The van der Waals surface area contributed by atoms with Crippen LogP contribution in [-0.2, 0) is 4.79 Å². The summed E-state index contributed by atoms with van der Waals surface area (Å²) in [5.41, 5.74) is 9.50. The van der Waals surface area contributed by atoms with Crippen LogP contribution in [0, 0.1) is 0 Å². The number of hydrogen-bond donors (Lipinski definition) is 3. The third-order valence-electron chi connectivity index (χ3n) is 5.08. The fourth-order valence-electron chi connectivity index (χ4n) is 3.39. The second kappa shape index (κ2) is 10.9. The Balaban J connectivity index is 0.000000427. The van der Waals surface area contributed by atoms with Crippen LogP contribution < -0.4 is 11.1 Å². The van der Waals surface area contributed by atoms with Gasteiger partial charge < -0.3 is 21.1 Å². The zero-order valence-corrected chi connectivity index (χ0v) is 18.7. The van der Waals surface area contributed by atoms with Crippen molar-refractivity contribution in [2.75, 3.05) is 31.9 Å². The Morgan fingerprint density at radius 3 is 2.41 bits per heavy atom. The van der Waals surface area contributed by atoms with Crippen LogP contribution in [0.1, 0.15) is 30.1 Å². The first-order chi connectivity index (χ1) is 15.4. The van der Waals surface area contributed by atoms with Gasteiger partial charge in [0.05, 0.1) is 16.2 Å². The molecule has 0 radical (unpaired) electrons. The number of aliphatic carboxylic acids is 1. The highest BCUT2D eigenvalue weighted by Gasteiger charge is 2.18. The van der Waals surface area contributed by atoms with Gasteiger partial charge in [0.2, 0.25) is 0 Å². The molecular weight excluding hydrogens is 428 g/mol. The standard InChI is InChI=1S/C20H19ClN4O.C4H8O2/c21-17-12-18(13-1-4-15(22)5-2-13)24-19-11-14(3-6-16(17)19)20(26)25-9-7-23-8-10-25;1-2-3-4(5)6/h1-6,11-12,23H,7-10,22H2;2-3H2,1H3,(H,5,6). The maximum atomic E-state index is 12.7. The molecule has 1 saturated heterocycles. The lowest BCUT2D eigenvalue weighted by Crippen LogP contribution is -2.46. The molecule has 32 heavy (non-hydrogen) atoms. The molecule has 2 heterocycles. The van der Waals surface area contributed by atoms with Crippen molar-refractivity contribution in [3.05, 3.63) is 59.1 Å². The first-order valence-corrected chi connectivity index (χ1v) is 10.9. The van der Waals surface area contributed by atoms with Crippen molar-refractivity contribution in [3.8, 4) is 11.3 Å². The Hall–Kier alpha value is -3.16. The van der Waals surface area contributed by atoms with Gasteiger partial charge in [-0.05, 0) is 36.8 Å². The number of pyridine rings is 1. The van der Waals surface area contributed by atoms with E-state index in [-0.39, 0.29) is 5.91 Å². The van der Waals surface area contributed by atoms with E-state index in [2.05, 4.69) is 5.32 Å². The minimum Gasteiger partial charge on any atom is -0.481 e. The largest absolute Gasteiger partial charge is 0.481 e. The summed E-state index contributed by atoms with van der Waals surface area (Å²) in [5.74, 6) is -0.679. The molecule has 1 amide bonds. The monoisotopic (exact) mass is 454 g/mol. The van der Waals surface area contributed by atoms with E-state index in [1.165, 1.54) is 0 Å². The van der Waals surface area contributed by atoms with Gasteiger partial charge in [0.25, 0.3) is 5.91 Å². The number of anilines is 1. The van der Waals surface area contributed by atoms with E-state index < -0.39 is 5.97 Å². The zero-order valence-electron chi connectivity index (χ0n) is 18.0. The van der Waals surface area contributed by atoms with E-state index in [1.54, 1.807) is 0 Å². The molecule has 0 atom stereocenters. The Kier molecular flexibility index (Phi) is 8.03. The Labute approximate surface area is 192 Å². The number of aromatic nitrogens is 1. The number of carbonyl (C=O) groups excluding carboxylic acids is 1. The minimum atomic E-state index is -0.711. The SMILES string of the molecule is CCCC(=O)O.Nc1ccc(-c2cc(Cl)c3ccc(C(=O)N4CCNCC4)cc3n2)cc1. The topological polar surface area (TPSA) is 109 Å².